The molecule has 1 aliphatic heterocycles. The Bertz CT molecular complexity index is 1020. The lowest BCUT2D eigenvalue weighted by Gasteiger charge is -2.25. The van der Waals surface area contributed by atoms with Gasteiger partial charge in [-0.3, -0.25) is 14.9 Å². The van der Waals surface area contributed by atoms with E-state index in [0.29, 0.717) is 25.2 Å². The van der Waals surface area contributed by atoms with E-state index in [-0.39, 0.29) is 17.8 Å². The van der Waals surface area contributed by atoms with Crippen molar-refractivity contribution >= 4 is 5.91 Å². The van der Waals surface area contributed by atoms with Crippen molar-refractivity contribution in [1.29, 1.82) is 0 Å². The van der Waals surface area contributed by atoms with Crippen LogP contribution in [0.15, 0.2) is 48.9 Å². The fourth-order valence-corrected chi connectivity index (χ4v) is 4.02. The van der Waals surface area contributed by atoms with E-state index < -0.39 is 0 Å². The van der Waals surface area contributed by atoms with E-state index >= 15 is 0 Å². The van der Waals surface area contributed by atoms with Gasteiger partial charge < -0.3 is 9.64 Å². The van der Waals surface area contributed by atoms with Crippen molar-refractivity contribution in [3.05, 3.63) is 66.0 Å². The molecular weight excluding hydrogens is 383 g/mol. The quantitative estimate of drug-likeness (QED) is 0.587. The predicted molar refractivity (Wildman–Crippen MR) is 111 cm³/mol. The minimum Gasteiger partial charge on any atom is -0.493 e. The molecule has 0 radical (unpaired) electrons. The molecule has 0 spiro atoms. The van der Waals surface area contributed by atoms with E-state index in [2.05, 4.69) is 15.2 Å². The lowest BCUT2D eigenvalue weighted by molar-refractivity contribution is -0.132. The second-order valence-corrected chi connectivity index (χ2v) is 7.54. The summed E-state index contributed by atoms with van der Waals surface area (Å²) < 4.78 is 18.8. The standard InChI is InChI=1S/C23H25FN4O2/c1-16-14-25-10-9-19(16)20-15-26-27-23(20)21-7-3-11-28(21)22(29)8-4-12-30-18-6-2-5-17(24)13-18/h2,5-6,9-10,13-15,21H,3-4,7-8,11-12H2,1H3,(H,26,27)/t21-/m0/s1. The molecule has 1 N–H and O–H groups in total. The van der Waals surface area contributed by atoms with Crippen LogP contribution in [-0.4, -0.2) is 39.1 Å². The minimum atomic E-state index is -0.330. The third-order valence-corrected chi connectivity index (χ3v) is 5.49. The van der Waals surface area contributed by atoms with Crippen molar-refractivity contribution in [3.63, 3.8) is 0 Å². The molecule has 0 unspecified atom stereocenters. The van der Waals surface area contributed by atoms with Gasteiger partial charge in [0.1, 0.15) is 11.6 Å². The Hall–Kier alpha value is -3.22. The van der Waals surface area contributed by atoms with Gasteiger partial charge in [0.15, 0.2) is 0 Å². The average Bonchev–Trinajstić information content (AvgIpc) is 3.40. The van der Waals surface area contributed by atoms with Gasteiger partial charge in [-0.25, -0.2) is 4.39 Å². The summed E-state index contributed by atoms with van der Waals surface area (Å²) in [5.41, 5.74) is 4.15. The summed E-state index contributed by atoms with van der Waals surface area (Å²) in [6, 6.07) is 8.01. The number of aryl methyl sites for hydroxylation is 1. The minimum absolute atomic E-state index is 0.00768. The smallest absolute Gasteiger partial charge is 0.223 e. The number of H-pyrrole nitrogens is 1. The van der Waals surface area contributed by atoms with Gasteiger partial charge in [-0.15, -0.1) is 0 Å². The number of hydrogen-bond donors (Lipinski definition) is 1. The zero-order valence-corrected chi connectivity index (χ0v) is 17.0. The Kier molecular flexibility index (Phi) is 6.07. The number of halogens is 1. The van der Waals surface area contributed by atoms with Gasteiger partial charge in [0.2, 0.25) is 5.91 Å². The van der Waals surface area contributed by atoms with Crippen LogP contribution in [0.4, 0.5) is 4.39 Å². The number of aromatic nitrogens is 3. The zero-order chi connectivity index (χ0) is 20.9. The van der Waals surface area contributed by atoms with Crippen LogP contribution in [0.2, 0.25) is 0 Å². The van der Waals surface area contributed by atoms with E-state index in [1.54, 1.807) is 18.3 Å². The molecule has 156 valence electrons. The van der Waals surface area contributed by atoms with E-state index in [1.165, 1.54) is 12.1 Å². The molecule has 0 aliphatic carbocycles. The Morgan fingerprint density at radius 1 is 1.30 bits per heavy atom. The number of nitrogens with one attached hydrogen (secondary N) is 1. The van der Waals surface area contributed by atoms with Gasteiger partial charge in [-0.1, -0.05) is 6.07 Å². The number of aromatic amines is 1. The molecule has 1 saturated heterocycles. The highest BCUT2D eigenvalue weighted by Crippen LogP contribution is 2.37. The first-order valence-corrected chi connectivity index (χ1v) is 10.3. The Labute approximate surface area is 175 Å². The second kappa shape index (κ2) is 9.07. The number of benzene rings is 1. The van der Waals surface area contributed by atoms with Crippen molar-refractivity contribution in [3.8, 4) is 16.9 Å². The second-order valence-electron chi connectivity index (χ2n) is 7.54. The van der Waals surface area contributed by atoms with Crippen LogP contribution in [0.25, 0.3) is 11.1 Å². The van der Waals surface area contributed by atoms with Crippen LogP contribution >= 0.6 is 0 Å². The molecular formula is C23H25FN4O2. The maximum absolute atomic E-state index is 13.2. The number of carbonyl (C=O) groups excluding carboxylic acids is 1. The van der Waals surface area contributed by atoms with E-state index in [1.807, 2.05) is 30.3 Å². The topological polar surface area (TPSA) is 71.1 Å². The van der Waals surface area contributed by atoms with Gasteiger partial charge in [-0.05, 0) is 55.5 Å². The third-order valence-electron chi connectivity index (χ3n) is 5.49. The molecule has 1 atom stereocenters. The molecule has 0 saturated carbocycles. The van der Waals surface area contributed by atoms with Gasteiger partial charge in [0.25, 0.3) is 0 Å². The van der Waals surface area contributed by atoms with Crippen LogP contribution in [0.5, 0.6) is 5.75 Å². The first-order chi connectivity index (χ1) is 14.6. The SMILES string of the molecule is Cc1cnccc1-c1cn[nH]c1[C@@H]1CCCN1C(=O)CCCOc1cccc(F)c1. The highest BCUT2D eigenvalue weighted by atomic mass is 19.1. The molecule has 1 amide bonds. The van der Waals surface area contributed by atoms with Crippen LogP contribution in [0.3, 0.4) is 0 Å². The first-order valence-electron chi connectivity index (χ1n) is 10.3. The fraction of sp³-hybridized carbons (Fsp3) is 0.348. The molecule has 7 heteroatoms. The van der Waals surface area contributed by atoms with Gasteiger partial charge in [-0.2, -0.15) is 5.10 Å². The van der Waals surface area contributed by atoms with Crippen LogP contribution in [0, 0.1) is 12.7 Å². The van der Waals surface area contributed by atoms with E-state index in [0.717, 1.165) is 41.8 Å². The normalized spacial score (nSPS) is 16.1. The first kappa shape index (κ1) is 20.1. The summed E-state index contributed by atoms with van der Waals surface area (Å²) in [7, 11) is 0. The van der Waals surface area contributed by atoms with E-state index in [9.17, 15) is 9.18 Å². The molecule has 3 aromatic rings. The van der Waals surface area contributed by atoms with Crippen LogP contribution in [-0.2, 0) is 4.79 Å². The molecule has 6 nitrogen and oxygen atoms in total. The number of carbonyl (C=O) groups is 1. The summed E-state index contributed by atoms with van der Waals surface area (Å²) in [4.78, 5) is 19.0. The molecule has 1 aliphatic rings. The maximum atomic E-state index is 13.2. The van der Waals surface area contributed by atoms with Crippen molar-refractivity contribution < 1.29 is 13.9 Å². The number of likely N-dealkylation sites (tertiary alicyclic amines) is 1. The van der Waals surface area contributed by atoms with Crippen molar-refractivity contribution in [1.82, 2.24) is 20.1 Å². The van der Waals surface area contributed by atoms with Gasteiger partial charge >= 0.3 is 0 Å². The molecule has 2 aromatic heterocycles. The lowest BCUT2D eigenvalue weighted by Crippen LogP contribution is -2.31. The van der Waals surface area contributed by atoms with Crippen molar-refractivity contribution in [2.24, 2.45) is 0 Å². The molecule has 0 bridgehead atoms. The Balaban J connectivity index is 1.39. The van der Waals surface area contributed by atoms with Gasteiger partial charge in [0, 0.05) is 37.0 Å². The van der Waals surface area contributed by atoms with Crippen molar-refractivity contribution in [2.45, 2.75) is 38.6 Å². The highest BCUT2D eigenvalue weighted by Gasteiger charge is 2.32. The van der Waals surface area contributed by atoms with Crippen LogP contribution < -0.4 is 4.74 Å². The van der Waals surface area contributed by atoms with Gasteiger partial charge in [0.05, 0.1) is 24.5 Å². The summed E-state index contributed by atoms with van der Waals surface area (Å²) in [6.07, 6.45) is 8.28. The number of rotatable bonds is 7. The number of amides is 1. The third kappa shape index (κ3) is 4.35. The molecule has 1 fully saturated rings. The van der Waals surface area contributed by atoms with Crippen molar-refractivity contribution in [2.75, 3.05) is 13.2 Å². The maximum Gasteiger partial charge on any atom is 0.223 e. The monoisotopic (exact) mass is 408 g/mol. The Morgan fingerprint density at radius 3 is 3.03 bits per heavy atom. The number of hydrogen-bond acceptors (Lipinski definition) is 4. The Morgan fingerprint density at radius 2 is 2.20 bits per heavy atom. The summed E-state index contributed by atoms with van der Waals surface area (Å²) >= 11 is 0. The number of ether oxygens (including phenoxy) is 1. The molecule has 1 aromatic carbocycles. The fourth-order valence-electron chi connectivity index (χ4n) is 4.02. The number of pyridine rings is 1. The summed E-state index contributed by atoms with van der Waals surface area (Å²) in [5.74, 6) is 0.256. The summed E-state index contributed by atoms with van der Waals surface area (Å²) in [6.45, 7) is 3.14. The molecule has 3 heterocycles. The number of nitrogens with zero attached hydrogens (tertiary/aromatic N) is 3. The highest BCUT2D eigenvalue weighted by molar-refractivity contribution is 5.78. The lowest BCUT2D eigenvalue weighted by atomic mass is 9.98. The zero-order valence-electron chi connectivity index (χ0n) is 17.0. The molecule has 30 heavy (non-hydrogen) atoms. The summed E-state index contributed by atoms with van der Waals surface area (Å²) in [5, 5.41) is 7.39. The largest absolute Gasteiger partial charge is 0.493 e. The van der Waals surface area contributed by atoms with E-state index in [4.69, 9.17) is 4.74 Å². The predicted octanol–water partition coefficient (Wildman–Crippen LogP) is 4.44. The average molecular weight is 408 g/mol. The molecule has 4 rings (SSSR count). The van der Waals surface area contributed by atoms with Crippen LogP contribution in [0.1, 0.15) is 43.0 Å².